The van der Waals surface area contributed by atoms with Crippen LogP contribution in [-0.2, 0) is 0 Å². The molecular weight excluding hydrogens is 258 g/mol. The van der Waals surface area contributed by atoms with Gasteiger partial charge in [-0.05, 0) is 29.7 Å². The van der Waals surface area contributed by atoms with Crippen molar-refractivity contribution in [2.45, 2.75) is 25.1 Å². The molecule has 0 aromatic heterocycles. The summed E-state index contributed by atoms with van der Waals surface area (Å²) in [5, 5.41) is 5.13. The van der Waals surface area contributed by atoms with Gasteiger partial charge in [-0.3, -0.25) is 4.79 Å². The highest BCUT2D eigenvalue weighted by atomic mass is 35.5. The molecule has 3 heteroatoms. The molecule has 1 unspecified atom stereocenters. The quantitative estimate of drug-likeness (QED) is 0.822. The van der Waals surface area contributed by atoms with E-state index in [-0.39, 0.29) is 11.3 Å². The molecule has 19 heavy (non-hydrogen) atoms. The van der Waals surface area contributed by atoms with Crippen molar-refractivity contribution in [3.05, 3.63) is 48.0 Å². The second kappa shape index (κ2) is 6.58. The molecule has 2 aromatic rings. The normalized spacial score (nSPS) is 12.3. The third-order valence-electron chi connectivity index (χ3n) is 3.22. The lowest BCUT2D eigenvalue weighted by atomic mass is 10.0. The Morgan fingerprint density at radius 3 is 2.74 bits per heavy atom. The van der Waals surface area contributed by atoms with E-state index in [2.05, 4.69) is 5.32 Å². The van der Waals surface area contributed by atoms with Gasteiger partial charge in [-0.25, -0.2) is 0 Å². The van der Waals surface area contributed by atoms with Gasteiger partial charge in [0.05, 0.1) is 0 Å². The van der Waals surface area contributed by atoms with Crippen LogP contribution in [-0.4, -0.2) is 17.8 Å². The largest absolute Gasteiger partial charge is 0.352 e. The standard InChI is InChI=1S/C16H18ClNO/c1-2-13(17)10-11-18-16(19)15-9-5-7-12-6-3-4-8-14(12)15/h3-9,13H,2,10-11H2,1H3,(H,18,19). The van der Waals surface area contributed by atoms with Gasteiger partial charge in [0.15, 0.2) is 0 Å². The lowest BCUT2D eigenvalue weighted by Gasteiger charge is -2.09. The zero-order chi connectivity index (χ0) is 13.7. The zero-order valence-corrected chi connectivity index (χ0v) is 11.8. The van der Waals surface area contributed by atoms with Crippen LogP contribution in [0.25, 0.3) is 10.8 Å². The highest BCUT2D eigenvalue weighted by Gasteiger charge is 2.09. The number of alkyl halides is 1. The second-order valence-corrected chi connectivity index (χ2v) is 5.19. The van der Waals surface area contributed by atoms with Gasteiger partial charge >= 0.3 is 0 Å². The molecule has 0 fully saturated rings. The molecule has 2 nitrogen and oxygen atoms in total. The number of hydrogen-bond donors (Lipinski definition) is 1. The number of fused-ring (bicyclic) bond motifs is 1. The van der Waals surface area contributed by atoms with Gasteiger partial charge in [-0.2, -0.15) is 0 Å². The molecular formula is C16H18ClNO. The summed E-state index contributed by atoms with van der Waals surface area (Å²) in [5.74, 6) is -0.0308. The highest BCUT2D eigenvalue weighted by Crippen LogP contribution is 2.18. The van der Waals surface area contributed by atoms with Gasteiger partial charge in [-0.15, -0.1) is 11.6 Å². The topological polar surface area (TPSA) is 29.1 Å². The summed E-state index contributed by atoms with van der Waals surface area (Å²) < 4.78 is 0. The number of carbonyl (C=O) groups is 1. The van der Waals surface area contributed by atoms with Gasteiger partial charge in [0, 0.05) is 17.5 Å². The fourth-order valence-corrected chi connectivity index (χ4v) is 2.17. The zero-order valence-electron chi connectivity index (χ0n) is 11.0. The number of rotatable bonds is 5. The fraction of sp³-hybridized carbons (Fsp3) is 0.312. The third kappa shape index (κ3) is 3.48. The molecule has 1 atom stereocenters. The Hall–Kier alpha value is -1.54. The first-order chi connectivity index (χ1) is 9.22. The minimum Gasteiger partial charge on any atom is -0.352 e. The van der Waals surface area contributed by atoms with Gasteiger partial charge in [-0.1, -0.05) is 43.3 Å². The van der Waals surface area contributed by atoms with Gasteiger partial charge < -0.3 is 5.32 Å². The van der Waals surface area contributed by atoms with Crippen molar-refractivity contribution in [2.24, 2.45) is 0 Å². The summed E-state index contributed by atoms with van der Waals surface area (Å²) in [4.78, 5) is 12.2. The molecule has 0 heterocycles. The van der Waals surface area contributed by atoms with Crippen molar-refractivity contribution >= 4 is 28.3 Å². The SMILES string of the molecule is CCC(Cl)CCNC(=O)c1cccc2ccccc12. The molecule has 1 amide bonds. The summed E-state index contributed by atoms with van der Waals surface area (Å²) in [6.45, 7) is 2.66. The van der Waals surface area contributed by atoms with Crippen LogP contribution >= 0.6 is 11.6 Å². The number of amides is 1. The van der Waals surface area contributed by atoms with Crippen LogP contribution in [0.4, 0.5) is 0 Å². The number of halogens is 1. The molecule has 0 saturated carbocycles. The average molecular weight is 276 g/mol. The summed E-state index contributed by atoms with van der Waals surface area (Å²) in [5.41, 5.74) is 0.723. The van der Waals surface area contributed by atoms with Crippen molar-refractivity contribution in [1.29, 1.82) is 0 Å². The van der Waals surface area contributed by atoms with E-state index in [1.54, 1.807) is 0 Å². The monoisotopic (exact) mass is 275 g/mol. The van der Waals surface area contributed by atoms with Crippen molar-refractivity contribution in [1.82, 2.24) is 5.32 Å². The first kappa shape index (κ1) is 13.9. The maximum absolute atomic E-state index is 12.2. The van der Waals surface area contributed by atoms with Crippen molar-refractivity contribution in [3.8, 4) is 0 Å². The Morgan fingerprint density at radius 2 is 1.95 bits per heavy atom. The number of benzene rings is 2. The summed E-state index contributed by atoms with van der Waals surface area (Å²) in [6.07, 6.45) is 1.72. The van der Waals surface area contributed by atoms with E-state index >= 15 is 0 Å². The minimum absolute atomic E-state index is 0.0308. The molecule has 2 rings (SSSR count). The fourth-order valence-electron chi connectivity index (χ4n) is 2.07. The molecule has 1 N–H and O–H groups in total. The predicted octanol–water partition coefficient (Wildman–Crippen LogP) is 3.98. The highest BCUT2D eigenvalue weighted by molar-refractivity contribution is 6.20. The van der Waals surface area contributed by atoms with E-state index in [9.17, 15) is 4.79 Å². The van der Waals surface area contributed by atoms with Crippen LogP contribution in [0.5, 0.6) is 0 Å². The summed E-state index contributed by atoms with van der Waals surface area (Å²) in [6, 6.07) is 13.7. The number of nitrogens with one attached hydrogen (secondary N) is 1. The van der Waals surface area contributed by atoms with Gasteiger partial charge in [0.1, 0.15) is 0 Å². The lowest BCUT2D eigenvalue weighted by Crippen LogP contribution is -2.26. The van der Waals surface area contributed by atoms with Crippen molar-refractivity contribution in [2.75, 3.05) is 6.54 Å². The number of carbonyl (C=O) groups excluding carboxylic acids is 1. The maximum Gasteiger partial charge on any atom is 0.251 e. The van der Waals surface area contributed by atoms with E-state index in [0.717, 1.165) is 29.2 Å². The van der Waals surface area contributed by atoms with Crippen LogP contribution < -0.4 is 5.32 Å². The van der Waals surface area contributed by atoms with Gasteiger partial charge in [0.25, 0.3) is 5.91 Å². The van der Waals surface area contributed by atoms with Crippen LogP contribution in [0.1, 0.15) is 30.1 Å². The summed E-state index contributed by atoms with van der Waals surface area (Å²) >= 11 is 6.04. The van der Waals surface area contributed by atoms with E-state index < -0.39 is 0 Å². The first-order valence-corrected chi connectivity index (χ1v) is 7.06. The Balaban J connectivity index is 2.09. The molecule has 100 valence electrons. The Bertz CT molecular complexity index is 562. The van der Waals surface area contributed by atoms with E-state index in [0.29, 0.717) is 6.54 Å². The van der Waals surface area contributed by atoms with E-state index in [4.69, 9.17) is 11.6 Å². The molecule has 0 aliphatic heterocycles. The average Bonchev–Trinajstić information content (AvgIpc) is 2.46. The van der Waals surface area contributed by atoms with Crippen LogP contribution in [0, 0.1) is 0 Å². The Labute approximate surface area is 118 Å². The minimum atomic E-state index is -0.0308. The van der Waals surface area contributed by atoms with Crippen molar-refractivity contribution < 1.29 is 4.79 Å². The van der Waals surface area contributed by atoms with Crippen LogP contribution in [0.3, 0.4) is 0 Å². The molecule has 0 aliphatic rings. The molecule has 0 radical (unpaired) electrons. The molecule has 0 aliphatic carbocycles. The lowest BCUT2D eigenvalue weighted by molar-refractivity contribution is 0.0955. The van der Waals surface area contributed by atoms with Crippen LogP contribution in [0.2, 0.25) is 0 Å². The van der Waals surface area contributed by atoms with Gasteiger partial charge in [0.2, 0.25) is 0 Å². The second-order valence-electron chi connectivity index (χ2n) is 4.58. The Kier molecular flexibility index (Phi) is 4.80. The smallest absolute Gasteiger partial charge is 0.251 e. The van der Waals surface area contributed by atoms with E-state index in [1.807, 2.05) is 49.4 Å². The molecule has 0 bridgehead atoms. The molecule has 0 spiro atoms. The number of hydrogen-bond acceptors (Lipinski definition) is 1. The first-order valence-electron chi connectivity index (χ1n) is 6.62. The van der Waals surface area contributed by atoms with E-state index in [1.165, 1.54) is 0 Å². The Morgan fingerprint density at radius 1 is 1.21 bits per heavy atom. The third-order valence-corrected chi connectivity index (χ3v) is 3.75. The predicted molar refractivity (Wildman–Crippen MR) is 80.8 cm³/mol. The maximum atomic E-state index is 12.2. The molecule has 2 aromatic carbocycles. The molecule has 0 saturated heterocycles. The summed E-state index contributed by atoms with van der Waals surface area (Å²) in [7, 11) is 0. The van der Waals surface area contributed by atoms with Crippen LogP contribution in [0.15, 0.2) is 42.5 Å². The van der Waals surface area contributed by atoms with Crippen molar-refractivity contribution in [3.63, 3.8) is 0 Å².